The van der Waals surface area contributed by atoms with Gasteiger partial charge in [-0.15, -0.1) is 0 Å². The van der Waals surface area contributed by atoms with Gasteiger partial charge in [0.2, 0.25) is 0 Å². The Kier molecular flexibility index (Phi) is 7.70. The van der Waals surface area contributed by atoms with Crippen LogP contribution in [0.1, 0.15) is 39.0 Å². The van der Waals surface area contributed by atoms with Crippen LogP contribution in [0, 0.1) is 5.92 Å². The molecule has 4 heteroatoms. The van der Waals surface area contributed by atoms with Crippen LogP contribution in [0.15, 0.2) is 60.7 Å². The van der Waals surface area contributed by atoms with E-state index in [1.807, 2.05) is 12.1 Å². The molecule has 1 atom stereocenters. The number of esters is 2. The Bertz CT molecular complexity index is 652. The predicted octanol–water partition coefficient (Wildman–Crippen LogP) is 4.78. The first kappa shape index (κ1) is 18.7. The monoisotopic (exact) mass is 340 g/mol. The summed E-state index contributed by atoms with van der Waals surface area (Å²) in [6.45, 7) is 2.10. The van der Waals surface area contributed by atoms with Crippen LogP contribution in [-0.2, 0) is 9.59 Å². The highest BCUT2D eigenvalue weighted by atomic mass is 16.5. The zero-order valence-corrected chi connectivity index (χ0v) is 14.5. The Labute approximate surface area is 148 Å². The highest BCUT2D eigenvalue weighted by Gasteiger charge is 2.24. The van der Waals surface area contributed by atoms with Crippen molar-refractivity contribution in [2.24, 2.45) is 5.92 Å². The molecule has 25 heavy (non-hydrogen) atoms. The third kappa shape index (κ3) is 6.79. The summed E-state index contributed by atoms with van der Waals surface area (Å²) in [6.07, 6.45) is 3.58. The van der Waals surface area contributed by atoms with E-state index in [0.717, 1.165) is 19.3 Å². The minimum absolute atomic E-state index is 0.0181. The van der Waals surface area contributed by atoms with Crippen molar-refractivity contribution in [1.29, 1.82) is 0 Å². The molecule has 0 saturated carbocycles. The zero-order valence-electron chi connectivity index (χ0n) is 14.5. The van der Waals surface area contributed by atoms with Crippen LogP contribution in [0.4, 0.5) is 0 Å². The average Bonchev–Trinajstić information content (AvgIpc) is 2.62. The molecule has 0 aliphatic rings. The molecule has 0 fully saturated rings. The van der Waals surface area contributed by atoms with Crippen LogP contribution >= 0.6 is 0 Å². The molecule has 0 aromatic heterocycles. The van der Waals surface area contributed by atoms with Gasteiger partial charge < -0.3 is 9.47 Å². The van der Waals surface area contributed by atoms with E-state index >= 15 is 0 Å². The predicted molar refractivity (Wildman–Crippen MR) is 96.4 cm³/mol. The number of para-hydroxylation sites is 2. The van der Waals surface area contributed by atoms with E-state index in [-0.39, 0.29) is 12.4 Å². The van der Waals surface area contributed by atoms with Gasteiger partial charge in [-0.05, 0) is 30.7 Å². The number of carbonyl (C=O) groups excluding carboxylic acids is 2. The number of hydrogen-bond donors (Lipinski definition) is 0. The fourth-order valence-corrected chi connectivity index (χ4v) is 2.49. The number of rotatable bonds is 9. The summed E-state index contributed by atoms with van der Waals surface area (Å²) in [5, 5.41) is 0. The SMILES string of the molecule is CCCCCC(CC(=O)Oc1ccccc1)C(=O)Oc1ccccc1. The molecule has 132 valence electrons. The maximum absolute atomic E-state index is 12.5. The molecule has 2 aromatic carbocycles. The molecule has 0 radical (unpaired) electrons. The van der Waals surface area contributed by atoms with Crippen LogP contribution in [0.5, 0.6) is 11.5 Å². The lowest BCUT2D eigenvalue weighted by Gasteiger charge is -2.15. The Morgan fingerprint density at radius 1 is 0.840 bits per heavy atom. The minimum atomic E-state index is -0.497. The maximum Gasteiger partial charge on any atom is 0.314 e. The number of benzene rings is 2. The van der Waals surface area contributed by atoms with E-state index in [0.29, 0.717) is 17.9 Å². The fourth-order valence-electron chi connectivity index (χ4n) is 2.49. The second-order valence-corrected chi connectivity index (χ2v) is 5.92. The Hall–Kier alpha value is -2.62. The van der Waals surface area contributed by atoms with Gasteiger partial charge in [0.15, 0.2) is 0 Å². The van der Waals surface area contributed by atoms with E-state index < -0.39 is 11.9 Å². The summed E-state index contributed by atoms with van der Waals surface area (Å²) in [6, 6.07) is 17.8. The third-order valence-electron chi connectivity index (χ3n) is 3.84. The lowest BCUT2D eigenvalue weighted by Crippen LogP contribution is -2.25. The quantitative estimate of drug-likeness (QED) is 0.374. The number of hydrogen-bond acceptors (Lipinski definition) is 4. The topological polar surface area (TPSA) is 52.6 Å². The highest BCUT2D eigenvalue weighted by molar-refractivity contribution is 5.82. The van der Waals surface area contributed by atoms with Gasteiger partial charge in [0.25, 0.3) is 0 Å². The molecule has 0 aliphatic carbocycles. The molecule has 0 bridgehead atoms. The first-order valence-electron chi connectivity index (χ1n) is 8.71. The highest BCUT2D eigenvalue weighted by Crippen LogP contribution is 2.20. The third-order valence-corrected chi connectivity index (χ3v) is 3.84. The largest absolute Gasteiger partial charge is 0.427 e. The number of carbonyl (C=O) groups is 2. The minimum Gasteiger partial charge on any atom is -0.427 e. The lowest BCUT2D eigenvalue weighted by molar-refractivity contribution is -0.145. The van der Waals surface area contributed by atoms with Gasteiger partial charge in [-0.3, -0.25) is 9.59 Å². The first-order chi connectivity index (χ1) is 12.2. The number of unbranched alkanes of at least 4 members (excludes halogenated alkanes) is 2. The maximum atomic E-state index is 12.5. The fraction of sp³-hybridized carbons (Fsp3) is 0.333. The molecule has 0 amide bonds. The van der Waals surface area contributed by atoms with Crippen molar-refractivity contribution >= 4 is 11.9 Å². The molecule has 0 aliphatic heterocycles. The summed E-state index contributed by atoms with van der Waals surface area (Å²) in [5.41, 5.74) is 0. The van der Waals surface area contributed by atoms with Crippen LogP contribution in [0.3, 0.4) is 0 Å². The Morgan fingerprint density at radius 3 is 1.96 bits per heavy atom. The summed E-state index contributed by atoms with van der Waals surface area (Å²) in [7, 11) is 0. The standard InChI is InChI=1S/C21H24O4/c1-2-3-6-11-17(21(23)25-19-14-9-5-10-15-19)16-20(22)24-18-12-7-4-8-13-18/h4-5,7-10,12-15,17H,2-3,6,11,16H2,1H3. The molecule has 2 rings (SSSR count). The molecule has 0 spiro atoms. The van der Waals surface area contributed by atoms with Gasteiger partial charge in [0, 0.05) is 0 Å². The zero-order chi connectivity index (χ0) is 17.9. The molecular formula is C21H24O4. The summed E-state index contributed by atoms with van der Waals surface area (Å²) < 4.78 is 10.7. The van der Waals surface area contributed by atoms with Gasteiger partial charge >= 0.3 is 11.9 Å². The van der Waals surface area contributed by atoms with E-state index in [1.54, 1.807) is 48.5 Å². The smallest absolute Gasteiger partial charge is 0.314 e. The second kappa shape index (κ2) is 10.3. The van der Waals surface area contributed by atoms with Crippen molar-refractivity contribution in [2.45, 2.75) is 39.0 Å². The van der Waals surface area contributed by atoms with E-state index in [9.17, 15) is 9.59 Å². The van der Waals surface area contributed by atoms with Crippen molar-refractivity contribution in [3.63, 3.8) is 0 Å². The van der Waals surface area contributed by atoms with Crippen molar-refractivity contribution in [1.82, 2.24) is 0 Å². The van der Waals surface area contributed by atoms with Crippen molar-refractivity contribution in [3.05, 3.63) is 60.7 Å². The van der Waals surface area contributed by atoms with Gasteiger partial charge in [-0.1, -0.05) is 62.6 Å². The summed E-state index contributed by atoms with van der Waals surface area (Å²) in [4.78, 5) is 24.6. The molecular weight excluding hydrogens is 316 g/mol. The van der Waals surface area contributed by atoms with Crippen molar-refractivity contribution < 1.29 is 19.1 Å². The van der Waals surface area contributed by atoms with Crippen LogP contribution < -0.4 is 9.47 Å². The normalized spacial score (nSPS) is 11.6. The van der Waals surface area contributed by atoms with Crippen molar-refractivity contribution in [2.75, 3.05) is 0 Å². The molecule has 2 aromatic rings. The Balaban J connectivity index is 1.96. The van der Waals surface area contributed by atoms with Gasteiger partial charge in [0.1, 0.15) is 11.5 Å². The summed E-state index contributed by atoms with van der Waals surface area (Å²) >= 11 is 0. The first-order valence-corrected chi connectivity index (χ1v) is 8.71. The van der Waals surface area contributed by atoms with E-state index in [2.05, 4.69) is 6.92 Å². The van der Waals surface area contributed by atoms with E-state index in [4.69, 9.17) is 9.47 Å². The number of ether oxygens (including phenoxy) is 2. The Morgan fingerprint density at radius 2 is 1.40 bits per heavy atom. The van der Waals surface area contributed by atoms with Crippen molar-refractivity contribution in [3.8, 4) is 11.5 Å². The van der Waals surface area contributed by atoms with Gasteiger partial charge in [-0.2, -0.15) is 0 Å². The molecule has 0 saturated heterocycles. The van der Waals surface area contributed by atoms with Crippen LogP contribution in [0.2, 0.25) is 0 Å². The summed E-state index contributed by atoms with van der Waals surface area (Å²) in [5.74, 6) is -0.325. The average molecular weight is 340 g/mol. The lowest BCUT2D eigenvalue weighted by atomic mass is 9.98. The molecule has 0 N–H and O–H groups in total. The van der Waals surface area contributed by atoms with E-state index in [1.165, 1.54) is 0 Å². The second-order valence-electron chi connectivity index (χ2n) is 5.92. The van der Waals surface area contributed by atoms with Gasteiger partial charge in [0.05, 0.1) is 12.3 Å². The van der Waals surface area contributed by atoms with Crippen LogP contribution in [-0.4, -0.2) is 11.9 Å². The molecule has 0 heterocycles. The van der Waals surface area contributed by atoms with Crippen LogP contribution in [0.25, 0.3) is 0 Å². The van der Waals surface area contributed by atoms with Gasteiger partial charge in [-0.25, -0.2) is 0 Å². The molecule has 4 nitrogen and oxygen atoms in total. The molecule has 1 unspecified atom stereocenters.